The molecule has 1 unspecified atom stereocenters. The van der Waals surface area contributed by atoms with Crippen LogP contribution in [0, 0.1) is 17.2 Å². The van der Waals surface area contributed by atoms with Crippen LogP contribution >= 0.6 is 0 Å². The highest BCUT2D eigenvalue weighted by Crippen LogP contribution is 2.22. The molecule has 1 atom stereocenters. The minimum absolute atomic E-state index is 0.257. The highest BCUT2D eigenvalue weighted by Gasteiger charge is 2.34. The third-order valence-electron chi connectivity index (χ3n) is 4.14. The number of likely N-dealkylation sites (tertiary alicyclic amines) is 1. The SMILES string of the molecule is N#CCCCOc1cccc(CNCC2CCN(CC(F)(F)F)C2)c1. The van der Waals surface area contributed by atoms with E-state index in [1.807, 2.05) is 24.3 Å². The predicted molar refractivity (Wildman–Crippen MR) is 89.1 cm³/mol. The molecule has 4 nitrogen and oxygen atoms in total. The summed E-state index contributed by atoms with van der Waals surface area (Å²) in [5, 5.41) is 11.8. The summed E-state index contributed by atoms with van der Waals surface area (Å²) in [7, 11) is 0. The number of alkyl halides is 3. The van der Waals surface area contributed by atoms with Crippen LogP contribution in [0.25, 0.3) is 0 Å². The number of hydrogen-bond acceptors (Lipinski definition) is 4. The standard InChI is InChI=1S/C18H24F3N3O/c19-18(20,21)14-24-8-6-16(13-24)12-23-11-15-4-3-5-17(10-15)25-9-2-1-7-22/h3-5,10,16,23H,1-2,6,8-9,11-14H2. The first-order valence-electron chi connectivity index (χ1n) is 8.55. The molecule has 0 aliphatic carbocycles. The Kier molecular flexibility index (Phi) is 7.53. The molecule has 0 spiro atoms. The van der Waals surface area contributed by atoms with E-state index < -0.39 is 12.7 Å². The average molecular weight is 355 g/mol. The third-order valence-corrected chi connectivity index (χ3v) is 4.14. The van der Waals surface area contributed by atoms with E-state index in [1.165, 1.54) is 4.90 Å². The van der Waals surface area contributed by atoms with Crippen molar-refractivity contribution in [3.8, 4) is 11.8 Å². The summed E-state index contributed by atoms with van der Waals surface area (Å²) in [5.41, 5.74) is 1.07. The Morgan fingerprint density at radius 3 is 2.96 bits per heavy atom. The molecule has 0 radical (unpaired) electrons. The minimum Gasteiger partial charge on any atom is -0.494 e. The second-order valence-corrected chi connectivity index (χ2v) is 6.39. The van der Waals surface area contributed by atoms with Crippen LogP contribution in [0.15, 0.2) is 24.3 Å². The lowest BCUT2D eigenvalue weighted by Gasteiger charge is -2.18. The normalized spacial score (nSPS) is 18.2. The van der Waals surface area contributed by atoms with E-state index >= 15 is 0 Å². The van der Waals surface area contributed by atoms with Crippen LogP contribution in [0.2, 0.25) is 0 Å². The van der Waals surface area contributed by atoms with E-state index in [0.717, 1.165) is 17.7 Å². The maximum Gasteiger partial charge on any atom is 0.401 e. The molecular weight excluding hydrogens is 331 g/mol. The van der Waals surface area contributed by atoms with Crippen LogP contribution in [0.1, 0.15) is 24.8 Å². The fraction of sp³-hybridized carbons (Fsp3) is 0.611. The Morgan fingerprint density at radius 2 is 2.20 bits per heavy atom. The number of nitriles is 1. The van der Waals surface area contributed by atoms with Gasteiger partial charge in [0.15, 0.2) is 0 Å². The lowest BCUT2D eigenvalue weighted by Crippen LogP contribution is -2.33. The molecule has 1 aromatic carbocycles. The van der Waals surface area contributed by atoms with Gasteiger partial charge in [-0.2, -0.15) is 18.4 Å². The maximum absolute atomic E-state index is 12.4. The quantitative estimate of drug-likeness (QED) is 0.690. The van der Waals surface area contributed by atoms with Gasteiger partial charge in [0.2, 0.25) is 0 Å². The largest absolute Gasteiger partial charge is 0.494 e. The van der Waals surface area contributed by atoms with E-state index in [4.69, 9.17) is 10.00 Å². The molecule has 138 valence electrons. The predicted octanol–water partition coefficient (Wildman–Crippen LogP) is 3.34. The van der Waals surface area contributed by atoms with Gasteiger partial charge >= 0.3 is 6.18 Å². The molecule has 1 aliphatic rings. The van der Waals surface area contributed by atoms with Crippen LogP contribution < -0.4 is 10.1 Å². The number of unbranched alkanes of at least 4 members (excludes halogenated alkanes) is 1. The highest BCUT2D eigenvalue weighted by molar-refractivity contribution is 5.28. The Balaban J connectivity index is 1.67. The highest BCUT2D eigenvalue weighted by atomic mass is 19.4. The van der Waals surface area contributed by atoms with Crippen molar-refractivity contribution in [1.82, 2.24) is 10.2 Å². The van der Waals surface area contributed by atoms with Gasteiger partial charge in [-0.05, 0) is 49.5 Å². The zero-order chi connectivity index (χ0) is 18.1. The van der Waals surface area contributed by atoms with Crippen LogP contribution in [0.4, 0.5) is 13.2 Å². The number of rotatable bonds is 9. The molecule has 0 saturated carbocycles. The number of hydrogen-bond donors (Lipinski definition) is 1. The lowest BCUT2D eigenvalue weighted by molar-refractivity contribution is -0.143. The molecular formula is C18H24F3N3O. The Hall–Kier alpha value is -1.78. The zero-order valence-electron chi connectivity index (χ0n) is 14.2. The molecule has 1 fully saturated rings. The first kappa shape index (κ1) is 19.5. The summed E-state index contributed by atoms with van der Waals surface area (Å²) >= 11 is 0. The Labute approximate surface area is 146 Å². The second-order valence-electron chi connectivity index (χ2n) is 6.39. The molecule has 7 heteroatoms. The number of halogens is 3. The first-order chi connectivity index (χ1) is 12.0. The monoisotopic (exact) mass is 355 g/mol. The van der Waals surface area contributed by atoms with Gasteiger partial charge in [0, 0.05) is 19.5 Å². The molecule has 1 N–H and O–H groups in total. The number of benzene rings is 1. The van der Waals surface area contributed by atoms with Crippen molar-refractivity contribution in [2.24, 2.45) is 5.92 Å². The summed E-state index contributed by atoms with van der Waals surface area (Å²) in [5.74, 6) is 1.03. The van der Waals surface area contributed by atoms with Crippen molar-refractivity contribution in [3.05, 3.63) is 29.8 Å². The van der Waals surface area contributed by atoms with Crippen molar-refractivity contribution in [3.63, 3.8) is 0 Å². The van der Waals surface area contributed by atoms with E-state index in [0.29, 0.717) is 45.6 Å². The molecule has 1 saturated heterocycles. The molecule has 0 amide bonds. The van der Waals surface area contributed by atoms with Gasteiger partial charge in [0.25, 0.3) is 0 Å². The molecule has 2 rings (SSSR count). The van der Waals surface area contributed by atoms with E-state index in [9.17, 15) is 13.2 Å². The second kappa shape index (κ2) is 9.64. The van der Waals surface area contributed by atoms with Crippen LogP contribution in [0.3, 0.4) is 0 Å². The maximum atomic E-state index is 12.4. The smallest absolute Gasteiger partial charge is 0.401 e. The third kappa shape index (κ3) is 7.76. The van der Waals surface area contributed by atoms with Crippen molar-refractivity contribution in [2.45, 2.75) is 32.0 Å². The van der Waals surface area contributed by atoms with Gasteiger partial charge < -0.3 is 10.1 Å². The molecule has 25 heavy (non-hydrogen) atoms. The molecule has 1 heterocycles. The van der Waals surface area contributed by atoms with Crippen molar-refractivity contribution in [2.75, 3.05) is 32.8 Å². The van der Waals surface area contributed by atoms with Crippen molar-refractivity contribution >= 4 is 0 Å². The molecule has 0 aromatic heterocycles. The van der Waals surface area contributed by atoms with Gasteiger partial charge in [-0.25, -0.2) is 0 Å². The van der Waals surface area contributed by atoms with Crippen LogP contribution in [-0.4, -0.2) is 43.9 Å². The summed E-state index contributed by atoms with van der Waals surface area (Å²) in [4.78, 5) is 1.47. The number of ether oxygens (including phenoxy) is 1. The van der Waals surface area contributed by atoms with Gasteiger partial charge in [-0.1, -0.05) is 12.1 Å². The van der Waals surface area contributed by atoms with Gasteiger partial charge in [-0.3, -0.25) is 4.90 Å². The van der Waals surface area contributed by atoms with E-state index in [-0.39, 0.29) is 5.92 Å². The topological polar surface area (TPSA) is 48.3 Å². The molecule has 0 bridgehead atoms. The van der Waals surface area contributed by atoms with E-state index in [1.54, 1.807) is 0 Å². The number of nitrogens with zero attached hydrogens (tertiary/aromatic N) is 2. The van der Waals surface area contributed by atoms with E-state index in [2.05, 4.69) is 11.4 Å². The van der Waals surface area contributed by atoms with Gasteiger partial charge in [0.1, 0.15) is 5.75 Å². The van der Waals surface area contributed by atoms with Gasteiger partial charge in [-0.15, -0.1) is 0 Å². The molecule has 1 aromatic rings. The summed E-state index contributed by atoms with van der Waals surface area (Å²) in [6, 6.07) is 9.80. The van der Waals surface area contributed by atoms with Crippen LogP contribution in [0.5, 0.6) is 5.75 Å². The summed E-state index contributed by atoms with van der Waals surface area (Å²) in [6.07, 6.45) is -2.13. The first-order valence-corrected chi connectivity index (χ1v) is 8.55. The zero-order valence-corrected chi connectivity index (χ0v) is 14.2. The number of nitrogens with one attached hydrogen (secondary N) is 1. The van der Waals surface area contributed by atoms with Crippen LogP contribution in [-0.2, 0) is 6.54 Å². The Bertz CT molecular complexity index is 571. The summed E-state index contributed by atoms with van der Waals surface area (Å²) < 4.78 is 42.8. The summed E-state index contributed by atoms with van der Waals surface area (Å²) in [6.45, 7) is 2.08. The molecule has 1 aliphatic heterocycles. The Morgan fingerprint density at radius 1 is 1.36 bits per heavy atom. The fourth-order valence-corrected chi connectivity index (χ4v) is 2.98. The fourth-order valence-electron chi connectivity index (χ4n) is 2.98. The minimum atomic E-state index is -4.12. The average Bonchev–Trinajstić information content (AvgIpc) is 2.97. The van der Waals surface area contributed by atoms with Crippen molar-refractivity contribution < 1.29 is 17.9 Å². The van der Waals surface area contributed by atoms with Crippen molar-refractivity contribution in [1.29, 1.82) is 5.26 Å². The van der Waals surface area contributed by atoms with Gasteiger partial charge in [0.05, 0.1) is 19.2 Å². The lowest BCUT2D eigenvalue weighted by atomic mass is 10.1.